The molecule has 0 aromatic heterocycles. The molecule has 2 aromatic rings. The first kappa shape index (κ1) is 17.0. The second-order valence-electron chi connectivity index (χ2n) is 5.58. The van der Waals surface area contributed by atoms with Crippen LogP contribution in [0.25, 0.3) is 0 Å². The number of carbonyl (C=O) groups is 2. The third-order valence-electron chi connectivity index (χ3n) is 3.21. The lowest BCUT2D eigenvalue weighted by atomic mass is 10.1. The summed E-state index contributed by atoms with van der Waals surface area (Å²) in [5, 5.41) is 5.97. The average Bonchev–Trinajstić information content (AvgIpc) is 2.53. The second-order valence-corrected chi connectivity index (χ2v) is 5.99. The Balaban J connectivity index is 2.19. The van der Waals surface area contributed by atoms with Gasteiger partial charge < -0.3 is 10.6 Å². The van der Waals surface area contributed by atoms with Crippen LogP contribution in [0.5, 0.6) is 0 Å². The van der Waals surface area contributed by atoms with Gasteiger partial charge in [0.2, 0.25) is 0 Å². The Morgan fingerprint density at radius 1 is 0.957 bits per heavy atom. The van der Waals surface area contributed by atoms with Crippen molar-refractivity contribution in [3.8, 4) is 0 Å². The minimum Gasteiger partial charge on any atom is -0.352 e. The lowest BCUT2D eigenvalue weighted by molar-refractivity contribution is 0.0950. The predicted octanol–water partition coefficient (Wildman–Crippen LogP) is 3.98. The molecule has 2 rings (SSSR count). The number of para-hydroxylation sites is 1. The molecule has 0 bridgehead atoms. The topological polar surface area (TPSA) is 58.2 Å². The van der Waals surface area contributed by atoms with Gasteiger partial charge in [-0.25, -0.2) is 0 Å². The molecule has 2 amide bonds. The van der Waals surface area contributed by atoms with Crippen LogP contribution in [0.3, 0.4) is 0 Å². The number of hydrogen-bond donors (Lipinski definition) is 2. The largest absolute Gasteiger partial charge is 0.352 e. The van der Waals surface area contributed by atoms with E-state index in [1.54, 1.807) is 48.5 Å². The number of halogens is 1. The van der Waals surface area contributed by atoms with Crippen molar-refractivity contribution in [1.29, 1.82) is 0 Å². The maximum absolute atomic E-state index is 12.3. The molecule has 0 saturated heterocycles. The Labute approximate surface area is 140 Å². The number of rotatable bonds is 5. The number of benzene rings is 2. The summed E-state index contributed by atoms with van der Waals surface area (Å²) in [6, 6.07) is 13.7. The molecule has 0 spiro atoms. The van der Waals surface area contributed by atoms with Crippen molar-refractivity contribution >= 4 is 29.1 Å². The number of hydrogen-bond acceptors (Lipinski definition) is 2. The van der Waals surface area contributed by atoms with E-state index in [1.807, 2.05) is 13.8 Å². The Kier molecular flexibility index (Phi) is 5.77. The number of nitrogens with one attached hydrogen (secondary N) is 2. The van der Waals surface area contributed by atoms with Gasteiger partial charge in [-0.3, -0.25) is 9.59 Å². The molecule has 0 atom stereocenters. The summed E-state index contributed by atoms with van der Waals surface area (Å²) in [7, 11) is 0. The van der Waals surface area contributed by atoms with Crippen LogP contribution in [0.4, 0.5) is 5.69 Å². The fourth-order valence-corrected chi connectivity index (χ4v) is 2.24. The molecule has 2 aromatic carbocycles. The predicted molar refractivity (Wildman–Crippen MR) is 93.0 cm³/mol. The van der Waals surface area contributed by atoms with Crippen molar-refractivity contribution in [2.45, 2.75) is 13.8 Å². The van der Waals surface area contributed by atoms with Crippen LogP contribution < -0.4 is 10.6 Å². The van der Waals surface area contributed by atoms with E-state index < -0.39 is 0 Å². The second kappa shape index (κ2) is 7.79. The first-order valence-electron chi connectivity index (χ1n) is 7.42. The molecule has 4 nitrogen and oxygen atoms in total. The zero-order valence-electron chi connectivity index (χ0n) is 13.1. The zero-order valence-corrected chi connectivity index (χ0v) is 13.9. The molecule has 0 heterocycles. The molecular formula is C18H19ClN2O2. The van der Waals surface area contributed by atoms with Crippen molar-refractivity contribution in [2.75, 3.05) is 11.9 Å². The van der Waals surface area contributed by atoms with Gasteiger partial charge in [-0.15, -0.1) is 0 Å². The van der Waals surface area contributed by atoms with E-state index in [4.69, 9.17) is 11.6 Å². The lowest BCUT2D eigenvalue weighted by Gasteiger charge is -2.13. The Hall–Kier alpha value is -2.33. The van der Waals surface area contributed by atoms with Crippen LogP contribution in [0, 0.1) is 5.92 Å². The molecule has 0 aliphatic heterocycles. The minimum absolute atomic E-state index is 0.214. The molecule has 5 heteroatoms. The maximum Gasteiger partial charge on any atom is 0.257 e. The van der Waals surface area contributed by atoms with E-state index in [9.17, 15) is 9.59 Å². The van der Waals surface area contributed by atoms with Crippen molar-refractivity contribution in [1.82, 2.24) is 5.32 Å². The SMILES string of the molecule is CC(C)CNC(=O)c1ccccc1NC(=O)c1ccccc1Cl. The van der Waals surface area contributed by atoms with Crippen molar-refractivity contribution < 1.29 is 9.59 Å². The van der Waals surface area contributed by atoms with Gasteiger partial charge in [0.15, 0.2) is 0 Å². The molecule has 2 N–H and O–H groups in total. The smallest absolute Gasteiger partial charge is 0.257 e. The van der Waals surface area contributed by atoms with Gasteiger partial charge in [-0.1, -0.05) is 49.7 Å². The highest BCUT2D eigenvalue weighted by atomic mass is 35.5. The number of carbonyl (C=O) groups excluding carboxylic acids is 2. The molecule has 0 radical (unpaired) electrons. The van der Waals surface area contributed by atoms with Gasteiger partial charge in [0.1, 0.15) is 0 Å². The van der Waals surface area contributed by atoms with E-state index in [2.05, 4.69) is 10.6 Å². The third kappa shape index (κ3) is 4.57. The number of anilines is 1. The molecule has 0 unspecified atom stereocenters. The van der Waals surface area contributed by atoms with Crippen LogP contribution in [-0.4, -0.2) is 18.4 Å². The van der Waals surface area contributed by atoms with Crippen molar-refractivity contribution in [2.24, 2.45) is 5.92 Å². The van der Waals surface area contributed by atoms with Crippen molar-refractivity contribution in [3.63, 3.8) is 0 Å². The number of amides is 2. The highest BCUT2D eigenvalue weighted by Crippen LogP contribution is 2.19. The molecular weight excluding hydrogens is 312 g/mol. The molecule has 0 saturated carbocycles. The normalized spacial score (nSPS) is 10.4. The summed E-state index contributed by atoms with van der Waals surface area (Å²) in [6.45, 7) is 4.61. The Bertz CT molecular complexity index is 714. The van der Waals surface area contributed by atoms with E-state index in [-0.39, 0.29) is 11.8 Å². The summed E-state index contributed by atoms with van der Waals surface area (Å²) >= 11 is 6.03. The molecule has 23 heavy (non-hydrogen) atoms. The van der Waals surface area contributed by atoms with Gasteiger partial charge >= 0.3 is 0 Å². The van der Waals surface area contributed by atoms with Gasteiger partial charge in [0, 0.05) is 6.54 Å². The van der Waals surface area contributed by atoms with Gasteiger partial charge in [-0.05, 0) is 30.2 Å². The fraction of sp³-hybridized carbons (Fsp3) is 0.222. The third-order valence-corrected chi connectivity index (χ3v) is 3.54. The van der Waals surface area contributed by atoms with E-state index >= 15 is 0 Å². The first-order chi connectivity index (χ1) is 11.0. The summed E-state index contributed by atoms with van der Waals surface area (Å²) in [5.74, 6) is -0.211. The molecule has 0 aliphatic rings. The highest BCUT2D eigenvalue weighted by molar-refractivity contribution is 6.34. The first-order valence-corrected chi connectivity index (χ1v) is 7.80. The van der Waals surface area contributed by atoms with Crippen LogP contribution in [-0.2, 0) is 0 Å². The average molecular weight is 331 g/mol. The van der Waals surface area contributed by atoms with Crippen LogP contribution in [0.1, 0.15) is 34.6 Å². The monoisotopic (exact) mass is 330 g/mol. The zero-order chi connectivity index (χ0) is 16.8. The quantitative estimate of drug-likeness (QED) is 0.871. The highest BCUT2D eigenvalue weighted by Gasteiger charge is 2.15. The maximum atomic E-state index is 12.3. The van der Waals surface area contributed by atoms with Gasteiger partial charge in [0.25, 0.3) is 11.8 Å². The minimum atomic E-state index is -0.347. The molecule has 0 fully saturated rings. The van der Waals surface area contributed by atoms with Crippen LogP contribution in [0.15, 0.2) is 48.5 Å². The van der Waals surface area contributed by atoms with E-state index in [1.165, 1.54) is 0 Å². The van der Waals surface area contributed by atoms with E-state index in [0.717, 1.165) is 0 Å². The summed E-state index contributed by atoms with van der Waals surface area (Å²) < 4.78 is 0. The summed E-state index contributed by atoms with van der Waals surface area (Å²) in [5.41, 5.74) is 1.25. The summed E-state index contributed by atoms with van der Waals surface area (Å²) in [6.07, 6.45) is 0. The molecule has 0 aliphatic carbocycles. The fourth-order valence-electron chi connectivity index (χ4n) is 2.02. The summed E-state index contributed by atoms with van der Waals surface area (Å²) in [4.78, 5) is 24.6. The standard InChI is InChI=1S/C18H19ClN2O2/c1-12(2)11-20-17(22)14-8-4-6-10-16(14)21-18(23)13-7-3-5-9-15(13)19/h3-10,12H,11H2,1-2H3,(H,20,22)(H,21,23). The van der Waals surface area contributed by atoms with Crippen LogP contribution >= 0.6 is 11.6 Å². The van der Waals surface area contributed by atoms with Gasteiger partial charge in [-0.2, -0.15) is 0 Å². The lowest BCUT2D eigenvalue weighted by Crippen LogP contribution is -2.28. The Morgan fingerprint density at radius 3 is 2.22 bits per heavy atom. The van der Waals surface area contributed by atoms with Crippen molar-refractivity contribution in [3.05, 3.63) is 64.7 Å². The van der Waals surface area contributed by atoms with Gasteiger partial charge in [0.05, 0.1) is 21.8 Å². The van der Waals surface area contributed by atoms with Crippen LogP contribution in [0.2, 0.25) is 5.02 Å². The molecule has 120 valence electrons. The Morgan fingerprint density at radius 2 is 1.57 bits per heavy atom. The van der Waals surface area contributed by atoms with E-state index in [0.29, 0.717) is 34.3 Å².